The van der Waals surface area contributed by atoms with E-state index < -0.39 is 0 Å². The molecule has 5 nitrogen and oxygen atoms in total. The van der Waals surface area contributed by atoms with Crippen molar-refractivity contribution in [1.82, 2.24) is 14.7 Å². The number of amides is 1. The second-order valence-electron chi connectivity index (χ2n) is 7.83. The second-order valence-corrected chi connectivity index (χ2v) is 7.83. The van der Waals surface area contributed by atoms with Crippen LogP contribution in [-0.4, -0.2) is 83.7 Å². The summed E-state index contributed by atoms with van der Waals surface area (Å²) in [5.41, 5.74) is 0. The summed E-state index contributed by atoms with van der Waals surface area (Å²) in [6.07, 6.45) is 7.12. The molecule has 3 atom stereocenters. The van der Waals surface area contributed by atoms with Crippen molar-refractivity contribution in [1.29, 1.82) is 0 Å². The van der Waals surface area contributed by atoms with Crippen LogP contribution in [0.5, 0.6) is 0 Å². The number of carbonyl (C=O) groups excluding carboxylic acids is 1. The van der Waals surface area contributed by atoms with Gasteiger partial charge in [0.2, 0.25) is 5.91 Å². The minimum Gasteiger partial charge on any atom is -0.395 e. The van der Waals surface area contributed by atoms with Gasteiger partial charge in [-0.3, -0.25) is 14.6 Å². The summed E-state index contributed by atoms with van der Waals surface area (Å²) >= 11 is 0. The number of aliphatic hydroxyl groups is 1. The minimum absolute atomic E-state index is 0.275. The number of rotatable bonds is 5. The summed E-state index contributed by atoms with van der Waals surface area (Å²) in [7, 11) is 0. The van der Waals surface area contributed by atoms with Gasteiger partial charge in [0.05, 0.1) is 13.2 Å². The van der Waals surface area contributed by atoms with Gasteiger partial charge in [-0.05, 0) is 57.5 Å². The molecule has 1 amide bonds. The van der Waals surface area contributed by atoms with Gasteiger partial charge in [-0.1, -0.05) is 6.92 Å². The minimum atomic E-state index is 0.275. The Morgan fingerprint density at radius 1 is 1.00 bits per heavy atom. The van der Waals surface area contributed by atoms with Gasteiger partial charge in [0.15, 0.2) is 0 Å². The zero-order chi connectivity index (χ0) is 16.2. The van der Waals surface area contributed by atoms with Crippen molar-refractivity contribution in [3.8, 4) is 0 Å². The predicted octanol–water partition coefficient (Wildman–Crippen LogP) is 1.17. The molecule has 5 heteroatoms. The quantitative estimate of drug-likeness (QED) is 0.825. The van der Waals surface area contributed by atoms with Crippen molar-refractivity contribution in [2.45, 2.75) is 57.5 Å². The Kier molecular flexibility index (Phi) is 5.94. The smallest absolute Gasteiger partial charge is 0.236 e. The molecule has 0 aliphatic carbocycles. The van der Waals surface area contributed by atoms with E-state index in [4.69, 9.17) is 0 Å². The monoisotopic (exact) mass is 323 g/mol. The molecule has 0 aromatic heterocycles. The second kappa shape index (κ2) is 7.95. The molecular formula is C18H33N3O2. The van der Waals surface area contributed by atoms with Gasteiger partial charge < -0.3 is 10.0 Å². The third-order valence-electron chi connectivity index (χ3n) is 6.00. The number of hydrogen-bond acceptors (Lipinski definition) is 4. The molecule has 0 spiro atoms. The standard InChI is InChI=1S/C18H33N3O2/c1-15-5-2-10-21(11-15)18(23)13-20-9-3-6-16(20)12-19-8-4-7-17(19)14-22/h15-17,22H,2-14H2,1H3. The molecule has 0 radical (unpaired) electrons. The first kappa shape index (κ1) is 17.2. The Hall–Kier alpha value is -0.650. The highest BCUT2D eigenvalue weighted by atomic mass is 16.3. The molecule has 23 heavy (non-hydrogen) atoms. The van der Waals surface area contributed by atoms with E-state index in [9.17, 15) is 9.90 Å². The molecule has 3 heterocycles. The van der Waals surface area contributed by atoms with Gasteiger partial charge in [0, 0.05) is 31.7 Å². The maximum absolute atomic E-state index is 12.6. The molecular weight excluding hydrogens is 290 g/mol. The number of likely N-dealkylation sites (tertiary alicyclic amines) is 3. The fourth-order valence-electron chi connectivity index (χ4n) is 4.61. The van der Waals surface area contributed by atoms with Crippen molar-refractivity contribution in [3.05, 3.63) is 0 Å². The normalized spacial score (nSPS) is 33.5. The predicted molar refractivity (Wildman–Crippen MR) is 91.3 cm³/mol. The summed E-state index contributed by atoms with van der Waals surface area (Å²) in [5.74, 6) is 0.973. The van der Waals surface area contributed by atoms with E-state index in [0.717, 1.165) is 45.6 Å². The van der Waals surface area contributed by atoms with Crippen LogP contribution >= 0.6 is 0 Å². The third-order valence-corrected chi connectivity index (χ3v) is 6.00. The van der Waals surface area contributed by atoms with Crippen LogP contribution in [0.25, 0.3) is 0 Å². The Morgan fingerprint density at radius 3 is 2.43 bits per heavy atom. The zero-order valence-electron chi connectivity index (χ0n) is 14.6. The van der Waals surface area contributed by atoms with Crippen molar-refractivity contribution in [2.75, 3.05) is 45.9 Å². The summed E-state index contributed by atoms with van der Waals surface area (Å²) < 4.78 is 0. The molecule has 1 N–H and O–H groups in total. The SMILES string of the molecule is CC1CCCN(C(=O)CN2CCCC2CN2CCCC2CO)C1. The maximum atomic E-state index is 12.6. The van der Waals surface area contributed by atoms with E-state index in [1.807, 2.05) is 0 Å². The first-order chi connectivity index (χ1) is 11.2. The van der Waals surface area contributed by atoms with Gasteiger partial charge in [-0.15, -0.1) is 0 Å². The summed E-state index contributed by atoms with van der Waals surface area (Å²) in [5, 5.41) is 9.50. The van der Waals surface area contributed by atoms with Crippen molar-refractivity contribution in [2.24, 2.45) is 5.92 Å². The van der Waals surface area contributed by atoms with Gasteiger partial charge in [0.25, 0.3) is 0 Å². The van der Waals surface area contributed by atoms with Crippen LogP contribution in [0.4, 0.5) is 0 Å². The fraction of sp³-hybridized carbons (Fsp3) is 0.944. The number of aliphatic hydroxyl groups excluding tert-OH is 1. The van der Waals surface area contributed by atoms with E-state index >= 15 is 0 Å². The molecule has 3 unspecified atom stereocenters. The fourth-order valence-corrected chi connectivity index (χ4v) is 4.61. The highest BCUT2D eigenvalue weighted by molar-refractivity contribution is 5.78. The van der Waals surface area contributed by atoms with Gasteiger partial charge in [-0.25, -0.2) is 0 Å². The van der Waals surface area contributed by atoms with Crippen LogP contribution in [0.2, 0.25) is 0 Å². The molecule has 3 rings (SSSR count). The Bertz CT molecular complexity index is 404. The van der Waals surface area contributed by atoms with Gasteiger partial charge >= 0.3 is 0 Å². The maximum Gasteiger partial charge on any atom is 0.236 e. The number of piperidine rings is 1. The lowest BCUT2D eigenvalue weighted by Crippen LogP contribution is -2.48. The Balaban J connectivity index is 1.51. The highest BCUT2D eigenvalue weighted by Gasteiger charge is 2.33. The molecule has 0 saturated carbocycles. The first-order valence-corrected chi connectivity index (χ1v) is 9.54. The lowest BCUT2D eigenvalue weighted by molar-refractivity contribution is -0.134. The Labute approximate surface area is 140 Å². The molecule has 3 aliphatic rings. The summed E-state index contributed by atoms with van der Waals surface area (Å²) in [6.45, 7) is 8.18. The highest BCUT2D eigenvalue weighted by Crippen LogP contribution is 2.24. The van der Waals surface area contributed by atoms with Crippen molar-refractivity contribution < 1.29 is 9.90 Å². The van der Waals surface area contributed by atoms with Crippen molar-refractivity contribution in [3.63, 3.8) is 0 Å². The number of hydrogen-bond donors (Lipinski definition) is 1. The van der Waals surface area contributed by atoms with Crippen LogP contribution in [-0.2, 0) is 4.79 Å². The van der Waals surface area contributed by atoms with Gasteiger partial charge in [-0.2, -0.15) is 0 Å². The van der Waals surface area contributed by atoms with E-state index in [-0.39, 0.29) is 6.61 Å². The average Bonchev–Trinajstić information content (AvgIpc) is 3.17. The van der Waals surface area contributed by atoms with Gasteiger partial charge in [0.1, 0.15) is 0 Å². The van der Waals surface area contributed by atoms with E-state index in [1.165, 1.54) is 25.7 Å². The number of nitrogens with zero attached hydrogens (tertiary/aromatic N) is 3. The third kappa shape index (κ3) is 4.25. The summed E-state index contributed by atoms with van der Waals surface area (Å²) in [6, 6.07) is 0.837. The molecule has 0 bridgehead atoms. The lowest BCUT2D eigenvalue weighted by atomic mass is 10.0. The molecule has 132 valence electrons. The number of carbonyl (C=O) groups is 1. The largest absolute Gasteiger partial charge is 0.395 e. The van der Waals surface area contributed by atoms with Crippen molar-refractivity contribution >= 4 is 5.91 Å². The lowest BCUT2D eigenvalue weighted by Gasteiger charge is -2.34. The molecule has 3 aliphatic heterocycles. The van der Waals surface area contributed by atoms with E-state index in [0.29, 0.717) is 30.5 Å². The molecule has 3 saturated heterocycles. The van der Waals surface area contributed by atoms with Crippen LogP contribution in [0.1, 0.15) is 45.4 Å². The zero-order valence-corrected chi connectivity index (χ0v) is 14.6. The topological polar surface area (TPSA) is 47.0 Å². The molecule has 0 aromatic rings. The van der Waals surface area contributed by atoms with Crippen LogP contribution in [0, 0.1) is 5.92 Å². The van der Waals surface area contributed by atoms with Crippen LogP contribution in [0.15, 0.2) is 0 Å². The van der Waals surface area contributed by atoms with E-state index in [2.05, 4.69) is 21.6 Å². The van der Waals surface area contributed by atoms with E-state index in [1.54, 1.807) is 0 Å². The first-order valence-electron chi connectivity index (χ1n) is 9.54. The van der Waals surface area contributed by atoms with Crippen LogP contribution in [0.3, 0.4) is 0 Å². The molecule has 0 aromatic carbocycles. The molecule has 3 fully saturated rings. The van der Waals surface area contributed by atoms with Crippen LogP contribution < -0.4 is 0 Å². The Morgan fingerprint density at radius 2 is 1.70 bits per heavy atom. The summed E-state index contributed by atoms with van der Waals surface area (Å²) in [4.78, 5) is 19.6. The average molecular weight is 323 g/mol.